The lowest BCUT2D eigenvalue weighted by molar-refractivity contribution is 0.283. The van der Waals surface area contributed by atoms with Crippen LogP contribution >= 0.6 is 0 Å². The fourth-order valence-corrected chi connectivity index (χ4v) is 3.06. The number of benzene rings is 1. The van der Waals surface area contributed by atoms with Crippen molar-refractivity contribution in [2.24, 2.45) is 5.92 Å². The minimum absolute atomic E-state index is 0.626. The van der Waals surface area contributed by atoms with E-state index in [1.807, 2.05) is 6.07 Å². The smallest absolute Gasteiger partial charge is 0.244 e. The molecule has 1 saturated heterocycles. The van der Waals surface area contributed by atoms with Gasteiger partial charge in [0.15, 0.2) is 5.82 Å². The third kappa shape index (κ3) is 6.32. The number of hydrogen-bond donors (Lipinski definition) is 1. The SMILES string of the molecule is CC(C)CCNc1nncc(N2CCN(C/C=C/c3ccccc3)CC2)n1. The highest BCUT2D eigenvalue weighted by Gasteiger charge is 2.18. The van der Waals surface area contributed by atoms with Crippen LogP contribution in [0.4, 0.5) is 11.8 Å². The van der Waals surface area contributed by atoms with Crippen molar-refractivity contribution in [2.75, 3.05) is 49.5 Å². The second-order valence-corrected chi connectivity index (χ2v) is 7.35. The van der Waals surface area contributed by atoms with Crippen LogP contribution in [0.2, 0.25) is 0 Å². The Bertz CT molecular complexity index is 708. The van der Waals surface area contributed by atoms with Gasteiger partial charge in [0.25, 0.3) is 0 Å². The number of nitrogens with one attached hydrogen (secondary N) is 1. The molecule has 3 rings (SSSR count). The molecule has 0 radical (unpaired) electrons. The molecule has 144 valence electrons. The van der Waals surface area contributed by atoms with Crippen molar-refractivity contribution in [2.45, 2.75) is 20.3 Å². The summed E-state index contributed by atoms with van der Waals surface area (Å²) < 4.78 is 0. The van der Waals surface area contributed by atoms with Crippen LogP contribution in [0.1, 0.15) is 25.8 Å². The monoisotopic (exact) mass is 366 g/mol. The minimum atomic E-state index is 0.626. The average molecular weight is 367 g/mol. The van der Waals surface area contributed by atoms with Gasteiger partial charge in [-0.2, -0.15) is 10.1 Å². The van der Waals surface area contributed by atoms with Crippen molar-refractivity contribution in [3.8, 4) is 0 Å². The molecule has 1 aliphatic rings. The first-order chi connectivity index (χ1) is 13.2. The first kappa shape index (κ1) is 19.3. The van der Waals surface area contributed by atoms with E-state index in [2.05, 4.69) is 80.6 Å². The lowest BCUT2D eigenvalue weighted by atomic mass is 10.1. The van der Waals surface area contributed by atoms with Crippen LogP contribution in [0.15, 0.2) is 42.6 Å². The molecule has 0 amide bonds. The fraction of sp³-hybridized carbons (Fsp3) is 0.476. The first-order valence-electron chi connectivity index (χ1n) is 9.83. The molecule has 0 bridgehead atoms. The summed E-state index contributed by atoms with van der Waals surface area (Å²) in [7, 11) is 0. The Labute approximate surface area is 162 Å². The summed E-state index contributed by atoms with van der Waals surface area (Å²) in [6, 6.07) is 10.4. The van der Waals surface area contributed by atoms with Crippen molar-refractivity contribution >= 4 is 17.8 Å². The molecule has 0 atom stereocenters. The Kier molecular flexibility index (Phi) is 7.16. The number of aromatic nitrogens is 3. The number of anilines is 2. The third-order valence-corrected chi connectivity index (χ3v) is 4.72. The van der Waals surface area contributed by atoms with Crippen molar-refractivity contribution in [1.29, 1.82) is 0 Å². The molecule has 0 spiro atoms. The lowest BCUT2D eigenvalue weighted by Crippen LogP contribution is -2.46. The highest BCUT2D eigenvalue weighted by molar-refractivity contribution is 5.48. The van der Waals surface area contributed by atoms with Crippen LogP contribution in [0, 0.1) is 5.92 Å². The van der Waals surface area contributed by atoms with Crippen LogP contribution in [-0.4, -0.2) is 59.3 Å². The number of hydrogen-bond acceptors (Lipinski definition) is 6. The lowest BCUT2D eigenvalue weighted by Gasteiger charge is -2.34. The summed E-state index contributed by atoms with van der Waals surface area (Å²) in [5.74, 6) is 2.20. The standard InChI is InChI=1S/C21H30N6/c1-18(2)10-11-22-21-24-20(17-23-25-21)27-15-13-26(14-16-27)12-6-9-19-7-4-3-5-8-19/h3-9,17-18H,10-16H2,1-2H3,(H,22,24,25)/b9-6+. The minimum Gasteiger partial charge on any atom is -0.353 e. The van der Waals surface area contributed by atoms with Crippen molar-refractivity contribution in [3.63, 3.8) is 0 Å². The Hall–Kier alpha value is -2.47. The molecule has 6 nitrogen and oxygen atoms in total. The maximum absolute atomic E-state index is 4.63. The molecule has 1 N–H and O–H groups in total. The normalized spacial score (nSPS) is 15.6. The molecule has 2 heterocycles. The van der Waals surface area contributed by atoms with Crippen LogP contribution in [0.25, 0.3) is 6.08 Å². The van der Waals surface area contributed by atoms with Gasteiger partial charge in [-0.25, -0.2) is 0 Å². The van der Waals surface area contributed by atoms with Crippen LogP contribution in [0.3, 0.4) is 0 Å². The second kappa shape index (κ2) is 10.0. The molecule has 1 aromatic carbocycles. The van der Waals surface area contributed by atoms with Crippen molar-refractivity contribution in [1.82, 2.24) is 20.1 Å². The molecule has 6 heteroatoms. The zero-order valence-corrected chi connectivity index (χ0v) is 16.4. The van der Waals surface area contributed by atoms with Gasteiger partial charge in [0.2, 0.25) is 5.95 Å². The van der Waals surface area contributed by atoms with Gasteiger partial charge in [-0.05, 0) is 17.9 Å². The molecule has 2 aromatic rings. The summed E-state index contributed by atoms with van der Waals surface area (Å²) in [6.45, 7) is 10.3. The van der Waals surface area contributed by atoms with Gasteiger partial charge in [-0.15, -0.1) is 5.10 Å². The van der Waals surface area contributed by atoms with Gasteiger partial charge >= 0.3 is 0 Å². The summed E-state index contributed by atoms with van der Waals surface area (Å²) in [4.78, 5) is 9.38. The number of piperazine rings is 1. The molecule has 0 aliphatic carbocycles. The fourth-order valence-electron chi connectivity index (χ4n) is 3.06. The topological polar surface area (TPSA) is 57.2 Å². The van der Waals surface area contributed by atoms with Gasteiger partial charge < -0.3 is 10.2 Å². The number of nitrogens with zero attached hydrogens (tertiary/aromatic N) is 5. The zero-order chi connectivity index (χ0) is 18.9. The highest BCUT2D eigenvalue weighted by Crippen LogP contribution is 2.14. The van der Waals surface area contributed by atoms with E-state index in [1.165, 1.54) is 5.56 Å². The second-order valence-electron chi connectivity index (χ2n) is 7.35. The summed E-state index contributed by atoms with van der Waals surface area (Å²) in [5, 5.41) is 11.5. The summed E-state index contributed by atoms with van der Waals surface area (Å²) in [6.07, 6.45) is 7.30. The Balaban J connectivity index is 1.45. The van der Waals surface area contributed by atoms with Crippen LogP contribution < -0.4 is 10.2 Å². The van der Waals surface area contributed by atoms with E-state index in [9.17, 15) is 0 Å². The third-order valence-electron chi connectivity index (χ3n) is 4.72. The van der Waals surface area contributed by atoms with E-state index in [-0.39, 0.29) is 0 Å². The Morgan fingerprint density at radius 1 is 1.11 bits per heavy atom. The predicted molar refractivity (Wildman–Crippen MR) is 112 cm³/mol. The van der Waals surface area contributed by atoms with E-state index in [4.69, 9.17) is 0 Å². The van der Waals surface area contributed by atoms with Crippen molar-refractivity contribution in [3.05, 3.63) is 48.2 Å². The van der Waals surface area contributed by atoms with Gasteiger partial charge in [0.05, 0.1) is 6.20 Å². The van der Waals surface area contributed by atoms with E-state index in [0.29, 0.717) is 11.9 Å². The van der Waals surface area contributed by atoms with Gasteiger partial charge in [0, 0.05) is 39.3 Å². The van der Waals surface area contributed by atoms with Gasteiger partial charge in [-0.3, -0.25) is 4.90 Å². The molecule has 27 heavy (non-hydrogen) atoms. The molecule has 1 aliphatic heterocycles. The van der Waals surface area contributed by atoms with Gasteiger partial charge in [-0.1, -0.05) is 56.3 Å². The molecule has 1 fully saturated rings. The molecule has 0 saturated carbocycles. The highest BCUT2D eigenvalue weighted by atomic mass is 15.3. The van der Waals surface area contributed by atoms with Crippen molar-refractivity contribution < 1.29 is 0 Å². The average Bonchev–Trinajstić information content (AvgIpc) is 2.69. The van der Waals surface area contributed by atoms with E-state index < -0.39 is 0 Å². The summed E-state index contributed by atoms with van der Waals surface area (Å²) >= 11 is 0. The van der Waals surface area contributed by atoms with Crippen LogP contribution in [0.5, 0.6) is 0 Å². The molecular weight excluding hydrogens is 336 g/mol. The van der Waals surface area contributed by atoms with E-state index >= 15 is 0 Å². The Morgan fingerprint density at radius 3 is 2.63 bits per heavy atom. The maximum Gasteiger partial charge on any atom is 0.244 e. The zero-order valence-electron chi connectivity index (χ0n) is 16.4. The maximum atomic E-state index is 4.63. The quantitative estimate of drug-likeness (QED) is 0.774. The van der Waals surface area contributed by atoms with E-state index in [1.54, 1.807) is 6.20 Å². The Morgan fingerprint density at radius 2 is 1.89 bits per heavy atom. The summed E-state index contributed by atoms with van der Waals surface area (Å²) in [5.41, 5.74) is 1.25. The van der Waals surface area contributed by atoms with E-state index in [0.717, 1.165) is 51.5 Å². The molecule has 0 unspecified atom stereocenters. The largest absolute Gasteiger partial charge is 0.353 e. The van der Waals surface area contributed by atoms with Crippen LogP contribution in [-0.2, 0) is 0 Å². The molecule has 1 aromatic heterocycles. The number of rotatable bonds is 8. The van der Waals surface area contributed by atoms with Gasteiger partial charge in [0.1, 0.15) is 0 Å². The first-order valence-corrected chi connectivity index (χ1v) is 9.83. The predicted octanol–water partition coefficient (Wildman–Crippen LogP) is 3.17. The molecular formula is C21H30N6.